The highest BCUT2D eigenvalue weighted by atomic mass is 35.5. The van der Waals surface area contributed by atoms with E-state index in [9.17, 15) is 13.2 Å². The molecule has 2 aromatic carbocycles. The van der Waals surface area contributed by atoms with Crippen LogP contribution in [0.5, 0.6) is 0 Å². The number of ether oxygens (including phenoxy) is 1. The number of fused-ring (bicyclic) bond motifs is 1. The fraction of sp³-hybridized carbons (Fsp3) is 0.417. The molecule has 0 radical (unpaired) electrons. The Morgan fingerprint density at radius 1 is 1.18 bits per heavy atom. The summed E-state index contributed by atoms with van der Waals surface area (Å²) in [6.45, 7) is 1.67. The van der Waals surface area contributed by atoms with Gasteiger partial charge in [0.25, 0.3) is 0 Å². The van der Waals surface area contributed by atoms with Gasteiger partial charge in [0.15, 0.2) is 5.13 Å². The second kappa shape index (κ2) is 9.91. The maximum Gasteiger partial charge on any atom is 0.243 e. The molecule has 3 aromatic rings. The first kappa shape index (κ1) is 23.7. The molecule has 2 unspecified atom stereocenters. The Kier molecular flexibility index (Phi) is 6.90. The van der Waals surface area contributed by atoms with Crippen LogP contribution in [-0.4, -0.2) is 56.0 Å². The number of benzene rings is 2. The van der Waals surface area contributed by atoms with Gasteiger partial charge in [0.05, 0.1) is 33.7 Å². The first-order valence-corrected chi connectivity index (χ1v) is 14.1. The Bertz CT molecular complexity index is 1280. The fourth-order valence-corrected chi connectivity index (χ4v) is 7.38. The highest BCUT2D eigenvalue weighted by Gasteiger charge is 2.37. The number of carbonyl (C=O) groups excluding carboxylic acids is 1. The number of nitrogens with zero attached hydrogens (tertiary/aromatic N) is 3. The van der Waals surface area contributed by atoms with Gasteiger partial charge in [-0.05, 0) is 56.0 Å². The third-order valence-electron chi connectivity index (χ3n) is 6.36. The number of rotatable bonds is 6. The molecule has 2 atom stereocenters. The zero-order valence-corrected chi connectivity index (χ0v) is 21.0. The van der Waals surface area contributed by atoms with E-state index < -0.39 is 15.9 Å². The predicted molar refractivity (Wildman–Crippen MR) is 134 cm³/mol. The second-order valence-electron chi connectivity index (χ2n) is 8.71. The number of amides is 1. The van der Waals surface area contributed by atoms with E-state index >= 15 is 0 Å². The van der Waals surface area contributed by atoms with Crippen LogP contribution in [0.2, 0.25) is 5.02 Å². The molecule has 1 amide bonds. The molecule has 1 aromatic heterocycles. The van der Waals surface area contributed by atoms with E-state index in [0.29, 0.717) is 42.7 Å². The minimum Gasteiger partial charge on any atom is -0.376 e. The molecule has 10 heteroatoms. The van der Waals surface area contributed by atoms with Crippen LogP contribution in [0.3, 0.4) is 0 Å². The van der Waals surface area contributed by atoms with Crippen molar-refractivity contribution in [2.24, 2.45) is 5.92 Å². The zero-order valence-electron chi connectivity index (χ0n) is 18.6. The molecule has 2 saturated heterocycles. The lowest BCUT2D eigenvalue weighted by molar-refractivity contribution is -0.123. The molecule has 0 N–H and O–H groups in total. The molecule has 2 fully saturated rings. The molecule has 7 nitrogen and oxygen atoms in total. The minimum absolute atomic E-state index is 0.0488. The Morgan fingerprint density at radius 3 is 2.76 bits per heavy atom. The summed E-state index contributed by atoms with van der Waals surface area (Å²) < 4.78 is 34.5. The van der Waals surface area contributed by atoms with Gasteiger partial charge in [0, 0.05) is 24.7 Å². The van der Waals surface area contributed by atoms with Crippen molar-refractivity contribution < 1.29 is 17.9 Å². The van der Waals surface area contributed by atoms with Gasteiger partial charge < -0.3 is 4.74 Å². The van der Waals surface area contributed by atoms with E-state index in [1.807, 2.05) is 12.1 Å². The van der Waals surface area contributed by atoms with Gasteiger partial charge in [-0.15, -0.1) is 0 Å². The summed E-state index contributed by atoms with van der Waals surface area (Å²) in [5, 5.41) is 1.22. The molecule has 0 spiro atoms. The van der Waals surface area contributed by atoms with E-state index in [1.54, 1.807) is 41.3 Å². The number of piperidine rings is 1. The van der Waals surface area contributed by atoms with Crippen molar-refractivity contribution >= 4 is 54.2 Å². The summed E-state index contributed by atoms with van der Waals surface area (Å²) in [4.78, 5) is 20.5. The van der Waals surface area contributed by atoms with Crippen LogP contribution in [0, 0.1) is 5.92 Å². The molecule has 180 valence electrons. The van der Waals surface area contributed by atoms with Crippen LogP contribution in [0.1, 0.15) is 25.7 Å². The Labute approximate surface area is 208 Å². The Hall–Kier alpha value is -2.04. The van der Waals surface area contributed by atoms with Crippen molar-refractivity contribution in [2.75, 3.05) is 31.1 Å². The third kappa shape index (κ3) is 4.85. The lowest BCUT2D eigenvalue weighted by Gasteiger charge is -2.34. The third-order valence-corrected chi connectivity index (χ3v) is 9.52. The topological polar surface area (TPSA) is 79.8 Å². The predicted octanol–water partition coefficient (Wildman–Crippen LogP) is 4.56. The molecule has 0 aliphatic carbocycles. The van der Waals surface area contributed by atoms with E-state index in [2.05, 4.69) is 0 Å². The summed E-state index contributed by atoms with van der Waals surface area (Å²) >= 11 is 7.58. The smallest absolute Gasteiger partial charge is 0.243 e. The van der Waals surface area contributed by atoms with Crippen LogP contribution in [-0.2, 0) is 19.6 Å². The summed E-state index contributed by atoms with van der Waals surface area (Å²) in [7, 11) is -3.66. The van der Waals surface area contributed by atoms with Gasteiger partial charge in [0.2, 0.25) is 15.9 Å². The molecular weight excluding hydrogens is 494 g/mol. The highest BCUT2D eigenvalue weighted by molar-refractivity contribution is 7.89. The SMILES string of the molecule is O=C(C1CCCN(S(=O)(=O)c2ccccc2)C1)N(CC1CCCO1)c1nc2ccc(Cl)cc2s1. The normalized spacial score (nSPS) is 21.7. The number of thiazole rings is 1. The van der Waals surface area contributed by atoms with Crippen molar-refractivity contribution in [3.63, 3.8) is 0 Å². The zero-order chi connectivity index (χ0) is 23.7. The van der Waals surface area contributed by atoms with Crippen molar-refractivity contribution in [2.45, 2.75) is 36.7 Å². The average Bonchev–Trinajstić information content (AvgIpc) is 3.52. The minimum atomic E-state index is -3.66. The second-order valence-corrected chi connectivity index (χ2v) is 12.1. The summed E-state index contributed by atoms with van der Waals surface area (Å²) in [5.74, 6) is -0.544. The molecule has 2 aliphatic rings. The number of carbonyl (C=O) groups is 1. The first-order chi connectivity index (χ1) is 16.4. The quantitative estimate of drug-likeness (QED) is 0.477. The standard InChI is InChI=1S/C24H26ClN3O4S2/c25-18-10-11-21-22(14-18)33-24(26-21)28(16-19-7-5-13-32-19)23(29)17-6-4-12-27(15-17)34(30,31)20-8-2-1-3-9-20/h1-3,8-11,14,17,19H,4-7,12-13,15-16H2. The molecule has 2 aliphatic heterocycles. The van der Waals surface area contributed by atoms with Crippen LogP contribution >= 0.6 is 22.9 Å². The number of halogens is 1. The van der Waals surface area contributed by atoms with Gasteiger partial charge in [-0.25, -0.2) is 13.4 Å². The van der Waals surface area contributed by atoms with Gasteiger partial charge in [-0.2, -0.15) is 4.31 Å². The van der Waals surface area contributed by atoms with Crippen molar-refractivity contribution in [3.05, 3.63) is 53.6 Å². The lowest BCUT2D eigenvalue weighted by Crippen LogP contribution is -2.48. The molecule has 5 rings (SSSR count). The van der Waals surface area contributed by atoms with Crippen molar-refractivity contribution in [1.29, 1.82) is 0 Å². The fourth-order valence-electron chi connectivity index (χ4n) is 4.58. The number of sulfonamides is 1. The number of anilines is 1. The first-order valence-electron chi connectivity index (χ1n) is 11.5. The molecule has 34 heavy (non-hydrogen) atoms. The van der Waals surface area contributed by atoms with Crippen molar-refractivity contribution in [3.8, 4) is 0 Å². The van der Waals surface area contributed by atoms with Crippen LogP contribution < -0.4 is 4.90 Å². The van der Waals surface area contributed by atoms with Crippen LogP contribution in [0.15, 0.2) is 53.4 Å². The maximum atomic E-state index is 13.8. The van der Waals surface area contributed by atoms with Crippen LogP contribution in [0.4, 0.5) is 5.13 Å². The van der Waals surface area contributed by atoms with E-state index in [0.717, 1.165) is 23.1 Å². The molecule has 0 bridgehead atoms. The van der Waals surface area contributed by atoms with Gasteiger partial charge in [-0.3, -0.25) is 9.69 Å². The number of aromatic nitrogens is 1. The Morgan fingerprint density at radius 2 is 2.00 bits per heavy atom. The number of hydrogen-bond acceptors (Lipinski definition) is 6. The average molecular weight is 520 g/mol. The number of hydrogen-bond donors (Lipinski definition) is 0. The summed E-state index contributed by atoms with van der Waals surface area (Å²) in [6.07, 6.45) is 3.07. The monoisotopic (exact) mass is 519 g/mol. The van der Waals surface area contributed by atoms with Crippen molar-refractivity contribution in [1.82, 2.24) is 9.29 Å². The molecule has 3 heterocycles. The van der Waals surface area contributed by atoms with Gasteiger partial charge >= 0.3 is 0 Å². The van der Waals surface area contributed by atoms with Crippen LogP contribution in [0.25, 0.3) is 10.2 Å². The molecule has 0 saturated carbocycles. The van der Waals surface area contributed by atoms with Gasteiger partial charge in [0.1, 0.15) is 0 Å². The van der Waals surface area contributed by atoms with Gasteiger partial charge in [-0.1, -0.05) is 41.1 Å². The largest absolute Gasteiger partial charge is 0.376 e. The van der Waals surface area contributed by atoms with E-state index in [4.69, 9.17) is 21.3 Å². The Balaban J connectivity index is 1.42. The molecular formula is C24H26ClN3O4S2. The van der Waals surface area contributed by atoms with E-state index in [-0.39, 0.29) is 23.5 Å². The lowest BCUT2D eigenvalue weighted by atomic mass is 9.98. The van der Waals surface area contributed by atoms with E-state index in [1.165, 1.54) is 15.6 Å². The summed E-state index contributed by atoms with van der Waals surface area (Å²) in [5.41, 5.74) is 0.784. The maximum absolute atomic E-state index is 13.8. The highest BCUT2D eigenvalue weighted by Crippen LogP contribution is 2.34. The summed E-state index contributed by atoms with van der Waals surface area (Å²) in [6, 6.07) is 13.9.